The fraction of sp³-hybridized carbons (Fsp3) is 0.385. The van der Waals surface area contributed by atoms with Gasteiger partial charge < -0.3 is 9.84 Å². The van der Waals surface area contributed by atoms with Gasteiger partial charge in [0, 0.05) is 11.4 Å². The maximum atomic E-state index is 10.1. The molecule has 0 bridgehead atoms. The molecule has 4 rings (SSSR count). The SMILES string of the molecule is C=C1CC(c2cc(C)c(OC)cc2CCCC(O)=C2CC2)Cc2c(Cl)cccc21. The lowest BCUT2D eigenvalue weighted by atomic mass is 9.76. The summed E-state index contributed by atoms with van der Waals surface area (Å²) < 4.78 is 5.60. The molecule has 0 aromatic heterocycles. The Morgan fingerprint density at radius 1 is 1.24 bits per heavy atom. The molecule has 1 N–H and O–H groups in total. The summed E-state index contributed by atoms with van der Waals surface area (Å²) in [5.41, 5.74) is 8.66. The van der Waals surface area contributed by atoms with Gasteiger partial charge in [0.15, 0.2) is 0 Å². The van der Waals surface area contributed by atoms with Gasteiger partial charge in [-0.05, 0) is 102 Å². The number of aliphatic hydroxyl groups is 1. The van der Waals surface area contributed by atoms with E-state index in [0.29, 0.717) is 11.7 Å². The maximum absolute atomic E-state index is 10.1. The number of benzene rings is 2. The Labute approximate surface area is 178 Å². The van der Waals surface area contributed by atoms with Crippen molar-refractivity contribution in [2.24, 2.45) is 0 Å². The van der Waals surface area contributed by atoms with Crippen LogP contribution in [0.2, 0.25) is 5.02 Å². The Bertz CT molecular complexity index is 980. The van der Waals surface area contributed by atoms with E-state index in [2.05, 4.69) is 31.7 Å². The fourth-order valence-corrected chi connectivity index (χ4v) is 4.84. The van der Waals surface area contributed by atoms with Gasteiger partial charge in [-0.3, -0.25) is 0 Å². The second kappa shape index (κ2) is 8.28. The molecule has 2 nitrogen and oxygen atoms in total. The van der Waals surface area contributed by atoms with Crippen molar-refractivity contribution in [3.63, 3.8) is 0 Å². The van der Waals surface area contributed by atoms with Gasteiger partial charge in [-0.2, -0.15) is 0 Å². The minimum absolute atomic E-state index is 0.366. The molecule has 2 aliphatic carbocycles. The Kier molecular flexibility index (Phi) is 5.74. The third kappa shape index (κ3) is 4.23. The molecule has 0 saturated heterocycles. The van der Waals surface area contributed by atoms with E-state index in [1.54, 1.807) is 7.11 Å². The molecule has 29 heavy (non-hydrogen) atoms. The molecule has 1 unspecified atom stereocenters. The summed E-state index contributed by atoms with van der Waals surface area (Å²) in [6, 6.07) is 10.6. The maximum Gasteiger partial charge on any atom is 0.122 e. The number of rotatable bonds is 6. The molecule has 0 heterocycles. The summed E-state index contributed by atoms with van der Waals surface area (Å²) >= 11 is 6.54. The van der Waals surface area contributed by atoms with Gasteiger partial charge in [0.2, 0.25) is 0 Å². The lowest BCUT2D eigenvalue weighted by Crippen LogP contribution is -2.14. The highest BCUT2D eigenvalue weighted by Crippen LogP contribution is 2.43. The highest BCUT2D eigenvalue weighted by atomic mass is 35.5. The van der Waals surface area contributed by atoms with E-state index in [-0.39, 0.29) is 0 Å². The molecule has 3 heteroatoms. The molecule has 0 radical (unpaired) electrons. The topological polar surface area (TPSA) is 29.5 Å². The number of aliphatic hydroxyl groups excluding tert-OH is 1. The number of hydrogen-bond donors (Lipinski definition) is 1. The smallest absolute Gasteiger partial charge is 0.122 e. The van der Waals surface area contributed by atoms with Crippen molar-refractivity contribution >= 4 is 17.2 Å². The molecule has 152 valence electrons. The molecular weight excluding hydrogens is 380 g/mol. The zero-order valence-electron chi connectivity index (χ0n) is 17.4. The van der Waals surface area contributed by atoms with Crippen molar-refractivity contribution in [1.29, 1.82) is 0 Å². The van der Waals surface area contributed by atoms with Gasteiger partial charge in [-0.25, -0.2) is 0 Å². The lowest BCUT2D eigenvalue weighted by Gasteiger charge is -2.29. The van der Waals surface area contributed by atoms with Crippen LogP contribution >= 0.6 is 11.6 Å². The van der Waals surface area contributed by atoms with Crippen molar-refractivity contribution in [3.05, 3.63) is 81.1 Å². The van der Waals surface area contributed by atoms with E-state index in [1.807, 2.05) is 12.1 Å². The molecule has 2 aromatic rings. The van der Waals surface area contributed by atoms with Gasteiger partial charge in [0.25, 0.3) is 0 Å². The van der Waals surface area contributed by atoms with E-state index in [4.69, 9.17) is 16.3 Å². The van der Waals surface area contributed by atoms with Crippen LogP contribution in [0, 0.1) is 6.92 Å². The van der Waals surface area contributed by atoms with Crippen molar-refractivity contribution in [2.75, 3.05) is 7.11 Å². The van der Waals surface area contributed by atoms with Gasteiger partial charge in [-0.1, -0.05) is 36.4 Å². The first-order chi connectivity index (χ1) is 14.0. The van der Waals surface area contributed by atoms with Crippen LogP contribution in [0.3, 0.4) is 0 Å². The van der Waals surface area contributed by atoms with Crippen LogP contribution in [0.5, 0.6) is 5.75 Å². The Hall–Kier alpha value is -2.19. The van der Waals surface area contributed by atoms with Crippen molar-refractivity contribution in [2.45, 2.75) is 57.8 Å². The molecule has 1 atom stereocenters. The van der Waals surface area contributed by atoms with E-state index >= 15 is 0 Å². The van der Waals surface area contributed by atoms with Crippen LogP contribution < -0.4 is 4.74 Å². The zero-order valence-corrected chi connectivity index (χ0v) is 18.1. The lowest BCUT2D eigenvalue weighted by molar-refractivity contribution is 0.380. The predicted octanol–water partition coefficient (Wildman–Crippen LogP) is 7.33. The zero-order chi connectivity index (χ0) is 20.5. The molecule has 0 amide bonds. The molecule has 0 spiro atoms. The monoisotopic (exact) mass is 408 g/mol. The van der Waals surface area contributed by atoms with Gasteiger partial charge in [0.05, 0.1) is 12.9 Å². The summed E-state index contributed by atoms with van der Waals surface area (Å²) in [7, 11) is 1.73. The number of hydrogen-bond acceptors (Lipinski definition) is 2. The second-order valence-electron chi connectivity index (χ2n) is 8.40. The van der Waals surface area contributed by atoms with Crippen molar-refractivity contribution in [3.8, 4) is 5.75 Å². The molecule has 0 aliphatic heterocycles. The molecular formula is C26H29ClO2. The normalized spacial score (nSPS) is 17.8. The predicted molar refractivity (Wildman–Crippen MR) is 121 cm³/mol. The minimum Gasteiger partial charge on any atom is -0.512 e. The van der Waals surface area contributed by atoms with E-state index in [0.717, 1.165) is 66.9 Å². The van der Waals surface area contributed by atoms with E-state index < -0.39 is 0 Å². The fourth-order valence-electron chi connectivity index (χ4n) is 4.59. The average Bonchev–Trinajstić information content (AvgIpc) is 3.55. The molecule has 1 saturated carbocycles. The largest absolute Gasteiger partial charge is 0.512 e. The number of methoxy groups -OCH3 is 1. The summed E-state index contributed by atoms with van der Waals surface area (Å²) in [5, 5.41) is 11.0. The first-order valence-electron chi connectivity index (χ1n) is 10.5. The standard InChI is InChI=1S/C26H29ClO2/c1-16-12-20(14-23-21(16)7-5-8-24(23)27)22-13-17(2)26(29-3)15-19(22)6-4-9-25(28)18-10-11-18/h5,7-8,13,15,20,28H,1,4,6,9-12,14H2,2-3H3. The Morgan fingerprint density at radius 3 is 2.76 bits per heavy atom. The quantitative estimate of drug-likeness (QED) is 0.507. The first-order valence-corrected chi connectivity index (χ1v) is 10.9. The van der Waals surface area contributed by atoms with Gasteiger partial charge in [0.1, 0.15) is 5.75 Å². The Balaban J connectivity index is 1.63. The number of aryl methyl sites for hydroxylation is 2. The summed E-state index contributed by atoms with van der Waals surface area (Å²) in [5.74, 6) is 1.91. The van der Waals surface area contributed by atoms with Crippen LogP contribution in [0.4, 0.5) is 0 Å². The molecule has 2 aromatic carbocycles. The first kappa shape index (κ1) is 20.1. The highest BCUT2D eigenvalue weighted by molar-refractivity contribution is 6.31. The molecule has 1 fully saturated rings. The van der Waals surface area contributed by atoms with Crippen LogP contribution in [-0.2, 0) is 12.8 Å². The Morgan fingerprint density at radius 2 is 2.03 bits per heavy atom. The number of halogens is 1. The third-order valence-electron chi connectivity index (χ3n) is 6.31. The van der Waals surface area contributed by atoms with E-state index in [1.165, 1.54) is 27.8 Å². The van der Waals surface area contributed by atoms with Crippen LogP contribution in [0.15, 0.2) is 48.2 Å². The van der Waals surface area contributed by atoms with Crippen LogP contribution in [-0.4, -0.2) is 12.2 Å². The van der Waals surface area contributed by atoms with Crippen molar-refractivity contribution < 1.29 is 9.84 Å². The average molecular weight is 409 g/mol. The summed E-state index contributed by atoms with van der Waals surface area (Å²) in [4.78, 5) is 0. The van der Waals surface area contributed by atoms with Crippen LogP contribution in [0.25, 0.3) is 5.57 Å². The third-order valence-corrected chi connectivity index (χ3v) is 6.66. The van der Waals surface area contributed by atoms with Crippen LogP contribution in [0.1, 0.15) is 65.8 Å². The van der Waals surface area contributed by atoms with Crippen molar-refractivity contribution in [1.82, 2.24) is 0 Å². The summed E-state index contributed by atoms with van der Waals surface area (Å²) in [6.45, 7) is 6.45. The highest BCUT2D eigenvalue weighted by Gasteiger charge is 2.26. The van der Waals surface area contributed by atoms with E-state index in [9.17, 15) is 5.11 Å². The number of allylic oxidation sites excluding steroid dienone is 3. The number of ether oxygens (including phenoxy) is 1. The van der Waals surface area contributed by atoms with Gasteiger partial charge >= 0.3 is 0 Å². The number of fused-ring (bicyclic) bond motifs is 1. The summed E-state index contributed by atoms with van der Waals surface area (Å²) in [6.07, 6.45) is 6.65. The minimum atomic E-state index is 0.366. The van der Waals surface area contributed by atoms with Gasteiger partial charge in [-0.15, -0.1) is 0 Å². The second-order valence-corrected chi connectivity index (χ2v) is 8.81. The molecule has 2 aliphatic rings.